The van der Waals surface area contributed by atoms with E-state index in [0.29, 0.717) is 12.0 Å². The molecule has 1 saturated heterocycles. The summed E-state index contributed by atoms with van der Waals surface area (Å²) in [4.78, 5) is 6.67. The Kier molecular flexibility index (Phi) is 6.42. The van der Waals surface area contributed by atoms with Crippen LogP contribution < -0.4 is 0 Å². The van der Waals surface area contributed by atoms with Gasteiger partial charge in [0.05, 0.1) is 0 Å². The van der Waals surface area contributed by atoms with Gasteiger partial charge in [-0.15, -0.1) is 24.8 Å². The highest BCUT2D eigenvalue weighted by molar-refractivity contribution is 5.85. The summed E-state index contributed by atoms with van der Waals surface area (Å²) in [6, 6.07) is 15.7. The quantitative estimate of drug-likeness (QED) is 0.776. The second-order valence-electron chi connectivity index (χ2n) is 6.26. The Balaban J connectivity index is 0.00000121. The molecule has 2 atom stereocenters. The minimum Gasteiger partial charge on any atom is -0.294 e. The van der Waals surface area contributed by atoms with Gasteiger partial charge in [0, 0.05) is 29.9 Å². The number of hydrogen-bond acceptors (Lipinski definition) is 2. The molecule has 0 N–H and O–H groups in total. The first-order valence-electron chi connectivity index (χ1n) is 7.28. The molecule has 2 nitrogen and oxygen atoms in total. The largest absolute Gasteiger partial charge is 0.294 e. The van der Waals surface area contributed by atoms with Crippen molar-refractivity contribution in [1.29, 1.82) is 0 Å². The predicted octanol–water partition coefficient (Wildman–Crippen LogP) is 4.86. The van der Waals surface area contributed by atoms with E-state index in [-0.39, 0.29) is 30.4 Å². The van der Waals surface area contributed by atoms with Crippen molar-refractivity contribution in [1.82, 2.24) is 9.88 Å². The van der Waals surface area contributed by atoms with Crippen molar-refractivity contribution in [3.05, 3.63) is 66.0 Å². The van der Waals surface area contributed by atoms with Crippen molar-refractivity contribution in [2.75, 3.05) is 7.05 Å². The summed E-state index contributed by atoms with van der Waals surface area (Å²) < 4.78 is 0. The summed E-state index contributed by atoms with van der Waals surface area (Å²) in [5, 5.41) is 0. The predicted molar refractivity (Wildman–Crippen MR) is 97.1 cm³/mol. The maximum Gasteiger partial charge on any atom is 0.0357 e. The zero-order valence-electron chi connectivity index (χ0n) is 13.3. The summed E-state index contributed by atoms with van der Waals surface area (Å²) in [6.07, 6.45) is 4.97. The molecule has 1 aliphatic heterocycles. The molecule has 3 rings (SSSR count). The normalized spacial score (nSPS) is 23.4. The van der Waals surface area contributed by atoms with Gasteiger partial charge in [-0.3, -0.25) is 9.88 Å². The van der Waals surface area contributed by atoms with E-state index in [4.69, 9.17) is 0 Å². The molecule has 1 fully saturated rings. The fourth-order valence-electron chi connectivity index (χ4n) is 3.49. The van der Waals surface area contributed by atoms with Gasteiger partial charge in [0.2, 0.25) is 0 Å². The molecule has 0 spiro atoms. The smallest absolute Gasteiger partial charge is 0.0357 e. The molecular weight excluding hydrogens is 315 g/mol. The molecule has 0 radical (unpaired) electrons. The van der Waals surface area contributed by atoms with E-state index in [1.807, 2.05) is 12.4 Å². The minimum atomic E-state index is 0. The van der Waals surface area contributed by atoms with Crippen LogP contribution in [0.25, 0.3) is 0 Å². The Labute approximate surface area is 145 Å². The highest BCUT2D eigenvalue weighted by Crippen LogP contribution is 2.49. The Hall–Kier alpha value is -1.09. The first-order chi connectivity index (χ1) is 9.60. The number of halogens is 2. The van der Waals surface area contributed by atoms with Crippen LogP contribution in [0.4, 0.5) is 0 Å². The van der Waals surface area contributed by atoms with E-state index in [2.05, 4.69) is 73.2 Å². The Morgan fingerprint density at radius 2 is 1.55 bits per heavy atom. The van der Waals surface area contributed by atoms with Crippen molar-refractivity contribution < 1.29 is 0 Å². The second-order valence-corrected chi connectivity index (χ2v) is 6.26. The Morgan fingerprint density at radius 3 is 2.14 bits per heavy atom. The standard InChI is InChI=1S/C18H22N2.2ClH/c1-18(2)16(14-9-11-19-12-10-14)13-17(20(18)3)15-7-5-4-6-8-15;;/h4-12,16-17H,13H2,1-3H3;2*1H/t16-,17+;;/m0../s1. The summed E-state index contributed by atoms with van der Waals surface area (Å²) in [5.41, 5.74) is 2.97. The molecule has 1 aromatic heterocycles. The van der Waals surface area contributed by atoms with Crippen LogP contribution in [0.5, 0.6) is 0 Å². The number of rotatable bonds is 2. The van der Waals surface area contributed by atoms with Crippen molar-refractivity contribution in [2.24, 2.45) is 0 Å². The van der Waals surface area contributed by atoms with Crippen LogP contribution in [-0.4, -0.2) is 22.5 Å². The van der Waals surface area contributed by atoms with Crippen molar-refractivity contribution >= 4 is 24.8 Å². The lowest BCUT2D eigenvalue weighted by Gasteiger charge is -2.35. The summed E-state index contributed by atoms with van der Waals surface area (Å²) in [7, 11) is 2.25. The van der Waals surface area contributed by atoms with Crippen LogP contribution in [0.2, 0.25) is 0 Å². The molecule has 0 aliphatic carbocycles. The molecule has 2 aromatic rings. The van der Waals surface area contributed by atoms with Crippen molar-refractivity contribution in [3.63, 3.8) is 0 Å². The molecule has 120 valence electrons. The van der Waals surface area contributed by atoms with Gasteiger partial charge in [0.25, 0.3) is 0 Å². The average molecular weight is 339 g/mol. The first-order valence-corrected chi connectivity index (χ1v) is 7.28. The maximum atomic E-state index is 4.15. The van der Waals surface area contributed by atoms with E-state index >= 15 is 0 Å². The maximum absolute atomic E-state index is 4.15. The van der Waals surface area contributed by atoms with Gasteiger partial charge in [0.15, 0.2) is 0 Å². The van der Waals surface area contributed by atoms with Crippen LogP contribution in [0, 0.1) is 0 Å². The van der Waals surface area contributed by atoms with E-state index in [1.54, 1.807) is 0 Å². The molecule has 4 heteroatoms. The molecule has 1 aliphatic rings. The third-order valence-corrected chi connectivity index (χ3v) is 4.98. The Morgan fingerprint density at radius 1 is 0.955 bits per heavy atom. The lowest BCUT2D eigenvalue weighted by atomic mass is 9.82. The molecule has 1 aromatic carbocycles. The fourth-order valence-corrected chi connectivity index (χ4v) is 3.49. The molecule has 0 amide bonds. The van der Waals surface area contributed by atoms with Crippen LogP contribution in [-0.2, 0) is 0 Å². The highest BCUT2D eigenvalue weighted by atomic mass is 35.5. The van der Waals surface area contributed by atoms with E-state index < -0.39 is 0 Å². The fraction of sp³-hybridized carbons (Fsp3) is 0.389. The topological polar surface area (TPSA) is 16.1 Å². The van der Waals surface area contributed by atoms with Gasteiger partial charge >= 0.3 is 0 Å². The van der Waals surface area contributed by atoms with Gasteiger partial charge in [-0.2, -0.15) is 0 Å². The van der Waals surface area contributed by atoms with E-state index in [9.17, 15) is 0 Å². The zero-order valence-corrected chi connectivity index (χ0v) is 14.9. The van der Waals surface area contributed by atoms with Gasteiger partial charge in [-0.05, 0) is 50.6 Å². The van der Waals surface area contributed by atoms with Gasteiger partial charge in [0.1, 0.15) is 0 Å². The Bertz CT molecular complexity index is 572. The summed E-state index contributed by atoms with van der Waals surface area (Å²) >= 11 is 0. The van der Waals surface area contributed by atoms with Crippen molar-refractivity contribution in [2.45, 2.75) is 37.8 Å². The average Bonchev–Trinajstić information content (AvgIpc) is 2.72. The van der Waals surface area contributed by atoms with Crippen LogP contribution in [0.15, 0.2) is 54.9 Å². The van der Waals surface area contributed by atoms with E-state index in [0.717, 1.165) is 6.42 Å². The number of likely N-dealkylation sites (tertiary alicyclic amines) is 1. The summed E-state index contributed by atoms with van der Waals surface area (Å²) in [5.74, 6) is 0.542. The molecule has 2 heterocycles. The zero-order chi connectivity index (χ0) is 14.2. The second kappa shape index (κ2) is 7.45. The number of pyridine rings is 1. The summed E-state index contributed by atoms with van der Waals surface area (Å²) in [6.45, 7) is 4.70. The van der Waals surface area contributed by atoms with Crippen LogP contribution in [0.1, 0.15) is 43.4 Å². The van der Waals surface area contributed by atoms with E-state index in [1.165, 1.54) is 11.1 Å². The molecule has 22 heavy (non-hydrogen) atoms. The molecular formula is C18H24Cl2N2. The minimum absolute atomic E-state index is 0. The van der Waals surface area contributed by atoms with Gasteiger partial charge in [-0.25, -0.2) is 0 Å². The lowest BCUT2D eigenvalue weighted by Crippen LogP contribution is -2.39. The molecule has 0 bridgehead atoms. The van der Waals surface area contributed by atoms with Gasteiger partial charge in [-0.1, -0.05) is 30.3 Å². The number of likely N-dealkylation sites (N-methyl/N-ethyl adjacent to an activating group) is 1. The number of aromatic nitrogens is 1. The lowest BCUT2D eigenvalue weighted by molar-refractivity contribution is 0.159. The van der Waals surface area contributed by atoms with Crippen LogP contribution >= 0.6 is 24.8 Å². The third-order valence-electron chi connectivity index (χ3n) is 4.98. The number of hydrogen-bond donors (Lipinski definition) is 0. The van der Waals surface area contributed by atoms with Crippen molar-refractivity contribution in [3.8, 4) is 0 Å². The number of nitrogens with zero attached hydrogens (tertiary/aromatic N) is 2. The third kappa shape index (κ3) is 3.29. The SMILES string of the molecule is CN1[C@@H](c2ccccc2)C[C@@H](c2ccncc2)C1(C)C.Cl.Cl. The molecule has 0 saturated carbocycles. The van der Waals surface area contributed by atoms with Crippen LogP contribution in [0.3, 0.4) is 0 Å². The molecule has 0 unspecified atom stereocenters. The monoisotopic (exact) mass is 338 g/mol. The highest BCUT2D eigenvalue weighted by Gasteiger charge is 2.45. The number of benzene rings is 1. The van der Waals surface area contributed by atoms with Gasteiger partial charge < -0.3 is 0 Å². The first kappa shape index (κ1) is 19.0.